The predicted molar refractivity (Wildman–Crippen MR) is 83.6 cm³/mol. The maximum absolute atomic E-state index is 12.7. The summed E-state index contributed by atoms with van der Waals surface area (Å²) >= 11 is 0. The fourth-order valence-electron chi connectivity index (χ4n) is 3.93. The molecule has 1 saturated heterocycles. The Labute approximate surface area is 124 Å². The number of rotatable bonds is 2. The van der Waals surface area contributed by atoms with Crippen molar-refractivity contribution >= 4 is 5.91 Å². The molecule has 1 amide bonds. The van der Waals surface area contributed by atoms with Crippen LogP contribution in [0.5, 0.6) is 0 Å². The average molecular weight is 280 g/mol. The molecule has 3 nitrogen and oxygen atoms in total. The van der Waals surface area contributed by atoms with Crippen LogP contribution >= 0.6 is 0 Å². The molecule has 3 atom stereocenters. The third kappa shape index (κ3) is 3.55. The van der Waals surface area contributed by atoms with E-state index in [1.54, 1.807) is 0 Å². The Morgan fingerprint density at radius 1 is 1.20 bits per heavy atom. The van der Waals surface area contributed by atoms with Gasteiger partial charge in [-0.15, -0.1) is 0 Å². The molecule has 0 bridgehead atoms. The molecule has 1 saturated carbocycles. The number of carbonyl (C=O) groups is 1. The van der Waals surface area contributed by atoms with E-state index in [4.69, 9.17) is 0 Å². The van der Waals surface area contributed by atoms with Crippen molar-refractivity contribution in [3.05, 3.63) is 0 Å². The van der Waals surface area contributed by atoms with Crippen LogP contribution in [-0.4, -0.2) is 25.0 Å². The smallest absolute Gasteiger partial charge is 0.227 e. The van der Waals surface area contributed by atoms with E-state index in [-0.39, 0.29) is 16.7 Å². The second kappa shape index (κ2) is 6.05. The minimum absolute atomic E-state index is 0.210. The maximum Gasteiger partial charge on any atom is 0.227 e. The number of amides is 1. The van der Waals surface area contributed by atoms with Crippen LogP contribution in [0.15, 0.2) is 0 Å². The molecule has 2 rings (SSSR count). The molecule has 1 aliphatic carbocycles. The fourth-order valence-corrected chi connectivity index (χ4v) is 3.93. The standard InChI is InChI=1S/C17H32N2O/c1-16(2,3)13-8-5-6-9-14(13)19-15(20)17(4)10-7-11-18-12-17/h13-14,18H,5-12H2,1-4H3,(H,19,20). The van der Waals surface area contributed by atoms with Crippen LogP contribution in [0.4, 0.5) is 0 Å². The van der Waals surface area contributed by atoms with E-state index < -0.39 is 0 Å². The molecule has 0 aromatic carbocycles. The van der Waals surface area contributed by atoms with Crippen molar-refractivity contribution in [3.63, 3.8) is 0 Å². The quantitative estimate of drug-likeness (QED) is 0.816. The second-order valence-electron chi connectivity index (χ2n) is 8.18. The van der Waals surface area contributed by atoms with Gasteiger partial charge in [-0.3, -0.25) is 4.79 Å². The first kappa shape index (κ1) is 15.8. The van der Waals surface area contributed by atoms with Gasteiger partial charge in [-0.05, 0) is 50.5 Å². The molecule has 20 heavy (non-hydrogen) atoms. The zero-order valence-electron chi connectivity index (χ0n) is 13.7. The summed E-state index contributed by atoms with van der Waals surface area (Å²) in [5.74, 6) is 0.881. The Bertz CT molecular complexity index is 339. The van der Waals surface area contributed by atoms with Crippen LogP contribution < -0.4 is 10.6 Å². The van der Waals surface area contributed by atoms with E-state index in [1.807, 2.05) is 0 Å². The monoisotopic (exact) mass is 280 g/mol. The van der Waals surface area contributed by atoms with Crippen molar-refractivity contribution in [1.82, 2.24) is 10.6 Å². The zero-order chi connectivity index (χ0) is 14.8. The van der Waals surface area contributed by atoms with E-state index in [2.05, 4.69) is 38.3 Å². The highest BCUT2D eigenvalue weighted by atomic mass is 16.2. The predicted octanol–water partition coefficient (Wildman–Crippen LogP) is 3.10. The maximum atomic E-state index is 12.7. The lowest BCUT2D eigenvalue weighted by Crippen LogP contribution is -2.54. The lowest BCUT2D eigenvalue weighted by molar-refractivity contribution is -0.132. The average Bonchev–Trinajstić information content (AvgIpc) is 2.39. The lowest BCUT2D eigenvalue weighted by Gasteiger charge is -2.42. The summed E-state index contributed by atoms with van der Waals surface area (Å²) in [6, 6.07) is 0.370. The van der Waals surface area contributed by atoms with Crippen LogP contribution in [0, 0.1) is 16.7 Å². The fraction of sp³-hybridized carbons (Fsp3) is 0.941. The van der Waals surface area contributed by atoms with Gasteiger partial charge in [0.05, 0.1) is 5.41 Å². The molecule has 116 valence electrons. The van der Waals surface area contributed by atoms with Crippen molar-refractivity contribution < 1.29 is 4.79 Å². The molecule has 0 aromatic heterocycles. The molecule has 3 unspecified atom stereocenters. The SMILES string of the molecule is CC1(C(=O)NC2CCCCC2C(C)(C)C)CCCNC1. The summed E-state index contributed by atoms with van der Waals surface area (Å²) in [6.45, 7) is 10.9. The van der Waals surface area contributed by atoms with Gasteiger partial charge in [0.2, 0.25) is 5.91 Å². The molecule has 0 spiro atoms. The van der Waals surface area contributed by atoms with E-state index in [0.717, 1.165) is 32.4 Å². The lowest BCUT2D eigenvalue weighted by atomic mass is 9.69. The van der Waals surface area contributed by atoms with Gasteiger partial charge >= 0.3 is 0 Å². The summed E-state index contributed by atoms with van der Waals surface area (Å²) in [7, 11) is 0. The Balaban J connectivity index is 2.01. The Kier molecular flexibility index (Phi) is 4.78. The third-order valence-corrected chi connectivity index (χ3v) is 5.34. The summed E-state index contributed by atoms with van der Waals surface area (Å²) < 4.78 is 0. The van der Waals surface area contributed by atoms with Gasteiger partial charge in [0, 0.05) is 12.6 Å². The molecule has 0 radical (unpaired) electrons. The van der Waals surface area contributed by atoms with Crippen LogP contribution in [-0.2, 0) is 4.79 Å². The van der Waals surface area contributed by atoms with Gasteiger partial charge in [-0.25, -0.2) is 0 Å². The van der Waals surface area contributed by atoms with Crippen LogP contribution in [0.1, 0.15) is 66.2 Å². The number of carbonyl (C=O) groups excluding carboxylic acids is 1. The topological polar surface area (TPSA) is 41.1 Å². The number of hydrogen-bond donors (Lipinski definition) is 2. The Morgan fingerprint density at radius 3 is 2.50 bits per heavy atom. The summed E-state index contributed by atoms with van der Waals surface area (Å²) in [5, 5.41) is 6.78. The summed E-state index contributed by atoms with van der Waals surface area (Å²) in [4.78, 5) is 12.7. The molecule has 0 aromatic rings. The summed E-state index contributed by atoms with van der Waals surface area (Å²) in [6.07, 6.45) is 7.09. The normalized spacial score (nSPS) is 35.6. The molecule has 3 heteroatoms. The molecular weight excluding hydrogens is 248 g/mol. The van der Waals surface area contributed by atoms with Crippen molar-refractivity contribution in [2.45, 2.75) is 72.3 Å². The molecule has 2 aliphatic rings. The highest BCUT2D eigenvalue weighted by Gasteiger charge is 2.39. The highest BCUT2D eigenvalue weighted by Crippen LogP contribution is 2.38. The Morgan fingerprint density at radius 2 is 1.90 bits per heavy atom. The minimum Gasteiger partial charge on any atom is -0.353 e. The second-order valence-corrected chi connectivity index (χ2v) is 8.18. The van der Waals surface area contributed by atoms with Gasteiger partial charge in [-0.2, -0.15) is 0 Å². The number of nitrogens with one attached hydrogen (secondary N) is 2. The minimum atomic E-state index is -0.210. The zero-order valence-corrected chi connectivity index (χ0v) is 13.7. The van der Waals surface area contributed by atoms with Crippen molar-refractivity contribution in [1.29, 1.82) is 0 Å². The first-order chi connectivity index (χ1) is 9.33. The van der Waals surface area contributed by atoms with Crippen LogP contribution in [0.2, 0.25) is 0 Å². The first-order valence-corrected chi connectivity index (χ1v) is 8.35. The number of hydrogen-bond acceptors (Lipinski definition) is 2. The van der Waals surface area contributed by atoms with Crippen molar-refractivity contribution in [3.8, 4) is 0 Å². The third-order valence-electron chi connectivity index (χ3n) is 5.34. The molecule has 2 N–H and O–H groups in total. The van der Waals surface area contributed by atoms with Gasteiger partial charge in [-0.1, -0.05) is 33.6 Å². The number of piperidine rings is 1. The van der Waals surface area contributed by atoms with Crippen LogP contribution in [0.3, 0.4) is 0 Å². The van der Waals surface area contributed by atoms with Gasteiger partial charge in [0.1, 0.15) is 0 Å². The molecule has 2 fully saturated rings. The van der Waals surface area contributed by atoms with Crippen LogP contribution in [0.25, 0.3) is 0 Å². The molecular formula is C17H32N2O. The van der Waals surface area contributed by atoms with Gasteiger partial charge in [0.15, 0.2) is 0 Å². The molecule has 1 heterocycles. The van der Waals surface area contributed by atoms with E-state index in [0.29, 0.717) is 12.0 Å². The van der Waals surface area contributed by atoms with Gasteiger partial charge < -0.3 is 10.6 Å². The molecule has 1 aliphatic heterocycles. The van der Waals surface area contributed by atoms with Crippen molar-refractivity contribution in [2.75, 3.05) is 13.1 Å². The summed E-state index contributed by atoms with van der Waals surface area (Å²) in [5.41, 5.74) is 0.0716. The Hall–Kier alpha value is -0.570. The highest BCUT2D eigenvalue weighted by molar-refractivity contribution is 5.83. The van der Waals surface area contributed by atoms with E-state index in [9.17, 15) is 4.79 Å². The van der Waals surface area contributed by atoms with E-state index >= 15 is 0 Å². The first-order valence-electron chi connectivity index (χ1n) is 8.35. The van der Waals surface area contributed by atoms with E-state index in [1.165, 1.54) is 19.3 Å². The van der Waals surface area contributed by atoms with Gasteiger partial charge in [0.25, 0.3) is 0 Å². The van der Waals surface area contributed by atoms with Crippen molar-refractivity contribution in [2.24, 2.45) is 16.7 Å². The largest absolute Gasteiger partial charge is 0.353 e.